The van der Waals surface area contributed by atoms with Crippen molar-refractivity contribution in [3.8, 4) is 5.75 Å². The summed E-state index contributed by atoms with van der Waals surface area (Å²) in [5, 5.41) is 12.8. The molecule has 2 saturated heterocycles. The number of anilines is 3. The highest BCUT2D eigenvalue weighted by molar-refractivity contribution is 6.24. The third kappa shape index (κ3) is 11.2. The molecule has 1 atom stereocenters. The van der Waals surface area contributed by atoms with Crippen molar-refractivity contribution < 1.29 is 33.5 Å². The van der Waals surface area contributed by atoms with E-state index in [0.29, 0.717) is 19.0 Å². The Morgan fingerprint density at radius 3 is 2.38 bits per heavy atom. The second-order valence-electron chi connectivity index (χ2n) is 18.1. The van der Waals surface area contributed by atoms with Crippen LogP contribution in [0.25, 0.3) is 10.9 Å². The molecule has 17 heteroatoms. The summed E-state index contributed by atoms with van der Waals surface area (Å²) in [6, 6.07) is 30.0. The van der Waals surface area contributed by atoms with Gasteiger partial charge in [0.25, 0.3) is 17.7 Å². The monoisotopic (exact) mass is 934 g/mol. The van der Waals surface area contributed by atoms with E-state index in [9.17, 15) is 28.8 Å². The molecule has 0 bridgehead atoms. The van der Waals surface area contributed by atoms with E-state index in [2.05, 4.69) is 54.3 Å². The van der Waals surface area contributed by atoms with E-state index < -0.39 is 29.7 Å². The van der Waals surface area contributed by atoms with Crippen LogP contribution in [-0.2, 0) is 20.9 Å². The molecular weight excluding hydrogens is 877 g/mol. The summed E-state index contributed by atoms with van der Waals surface area (Å²) in [7, 11) is 0. The quantitative estimate of drug-likeness (QED) is 0.0661. The minimum Gasteiger partial charge on any atom is -0.483 e. The van der Waals surface area contributed by atoms with Gasteiger partial charge in [-0.2, -0.15) is 0 Å². The average molecular weight is 935 g/mol. The Balaban J connectivity index is 0.716. The van der Waals surface area contributed by atoms with Crippen molar-refractivity contribution >= 4 is 63.8 Å². The number of carbonyl (C=O) groups is 6. The van der Waals surface area contributed by atoms with Gasteiger partial charge in [0.05, 0.1) is 16.6 Å². The molecule has 4 aromatic carbocycles. The average Bonchev–Trinajstić information content (AvgIpc) is 3.63. The van der Waals surface area contributed by atoms with Crippen LogP contribution >= 0.6 is 0 Å². The zero-order chi connectivity index (χ0) is 47.7. The molecule has 9 rings (SSSR count). The van der Waals surface area contributed by atoms with Gasteiger partial charge in [0.15, 0.2) is 6.61 Å². The molecule has 0 spiro atoms. The lowest BCUT2D eigenvalue weighted by molar-refractivity contribution is -0.136. The van der Waals surface area contributed by atoms with E-state index in [1.165, 1.54) is 12.1 Å². The molecule has 4 aliphatic rings. The summed E-state index contributed by atoms with van der Waals surface area (Å²) in [6.07, 6.45) is 8.08. The summed E-state index contributed by atoms with van der Waals surface area (Å²) in [5.74, 6) is -2.10. The second-order valence-corrected chi connectivity index (χ2v) is 18.1. The molecular formula is C52H58N10O7. The molecule has 17 nitrogen and oxygen atoms in total. The van der Waals surface area contributed by atoms with Gasteiger partial charge in [0.1, 0.15) is 11.8 Å². The first kappa shape index (κ1) is 46.7. The number of hydrogen-bond donors (Lipinski definition) is 4. The number of benzene rings is 4. The number of imide groups is 2. The Hall–Kier alpha value is -7.40. The maximum atomic E-state index is 14.1. The third-order valence-electron chi connectivity index (χ3n) is 13.5. The number of carbonyl (C=O) groups excluding carboxylic acids is 6. The van der Waals surface area contributed by atoms with Crippen LogP contribution in [0.4, 0.5) is 22.1 Å². The highest BCUT2D eigenvalue weighted by Gasteiger charge is 2.46. The summed E-state index contributed by atoms with van der Waals surface area (Å²) < 4.78 is 5.72. The highest BCUT2D eigenvalue weighted by atomic mass is 16.5. The predicted molar refractivity (Wildman–Crippen MR) is 261 cm³/mol. The lowest BCUT2D eigenvalue weighted by Crippen LogP contribution is -2.54. The molecule has 1 aromatic heterocycles. The molecule has 1 unspecified atom stereocenters. The maximum Gasteiger partial charge on any atom is 0.322 e. The van der Waals surface area contributed by atoms with Gasteiger partial charge in [-0.3, -0.25) is 44.0 Å². The molecule has 1 aliphatic carbocycles. The number of piperidine rings is 1. The van der Waals surface area contributed by atoms with Crippen molar-refractivity contribution in [2.24, 2.45) is 0 Å². The van der Waals surface area contributed by atoms with Crippen molar-refractivity contribution in [3.05, 3.63) is 120 Å². The van der Waals surface area contributed by atoms with E-state index >= 15 is 0 Å². The molecule has 69 heavy (non-hydrogen) atoms. The molecule has 7 amide bonds. The fourth-order valence-electron chi connectivity index (χ4n) is 9.79. The van der Waals surface area contributed by atoms with Crippen LogP contribution < -0.4 is 35.8 Å². The summed E-state index contributed by atoms with van der Waals surface area (Å²) in [5.41, 5.74) is 4.05. The number of para-hydroxylation sites is 1. The number of aromatic nitrogens is 2. The molecule has 1 saturated carbocycles. The second kappa shape index (κ2) is 21.7. The number of fused-ring (bicyclic) bond motifs is 2. The molecule has 0 radical (unpaired) electrons. The van der Waals surface area contributed by atoms with E-state index in [1.54, 1.807) is 6.07 Å². The number of urea groups is 1. The number of hydrogen-bond acceptors (Lipinski definition) is 12. The molecule has 3 fully saturated rings. The Labute approximate surface area is 401 Å². The molecule has 4 heterocycles. The SMILES string of the molecule is O=C(COc1cccc2c1C(=O)N(C1CCC(=O)NC1=O)C2=O)NCCCCCN1CCN(c2cccc(N(C(=O)NCc3ccccc3)C3CCC(Nc4ncc5ccccc5n4)CC3)c2)CC1. The number of amides is 7. The first-order valence-corrected chi connectivity index (χ1v) is 24.1. The lowest BCUT2D eigenvalue weighted by Gasteiger charge is -2.39. The van der Waals surface area contributed by atoms with Gasteiger partial charge in [-0.25, -0.2) is 14.8 Å². The zero-order valence-electron chi connectivity index (χ0n) is 38.6. The topological polar surface area (TPSA) is 199 Å². The Morgan fingerprint density at radius 1 is 0.783 bits per heavy atom. The molecule has 5 aromatic rings. The molecule has 3 aliphatic heterocycles. The summed E-state index contributed by atoms with van der Waals surface area (Å²) in [6.45, 7) is 5.09. The number of rotatable bonds is 17. The number of piperazine rings is 1. The van der Waals surface area contributed by atoms with Crippen molar-refractivity contribution in [2.45, 2.75) is 82.5 Å². The fourth-order valence-corrected chi connectivity index (χ4v) is 9.79. The first-order chi connectivity index (χ1) is 33.7. The molecule has 358 valence electrons. The van der Waals surface area contributed by atoms with E-state index in [1.807, 2.05) is 71.8 Å². The van der Waals surface area contributed by atoms with Crippen LogP contribution in [0.2, 0.25) is 0 Å². The van der Waals surface area contributed by atoms with Gasteiger partial charge in [-0.15, -0.1) is 0 Å². The maximum absolute atomic E-state index is 14.1. The van der Waals surface area contributed by atoms with Gasteiger partial charge in [-0.05, 0) is 93.5 Å². The van der Waals surface area contributed by atoms with E-state index in [-0.39, 0.29) is 60.3 Å². The van der Waals surface area contributed by atoms with Crippen molar-refractivity contribution in [1.29, 1.82) is 0 Å². The van der Waals surface area contributed by atoms with Crippen molar-refractivity contribution in [3.63, 3.8) is 0 Å². The van der Waals surface area contributed by atoms with Crippen molar-refractivity contribution in [2.75, 3.05) is 61.0 Å². The summed E-state index contributed by atoms with van der Waals surface area (Å²) in [4.78, 5) is 94.4. The van der Waals surface area contributed by atoms with E-state index in [0.717, 1.165) is 110 Å². The number of unbranched alkanes of at least 4 members (excludes halogenated alkanes) is 2. The Bertz CT molecular complexity index is 2690. The zero-order valence-corrected chi connectivity index (χ0v) is 38.6. The van der Waals surface area contributed by atoms with Crippen LogP contribution in [0.3, 0.4) is 0 Å². The number of nitrogens with one attached hydrogen (secondary N) is 4. The normalized spacial score (nSPS) is 19.5. The largest absolute Gasteiger partial charge is 0.483 e. The Kier molecular flexibility index (Phi) is 14.7. The van der Waals surface area contributed by atoms with Crippen LogP contribution in [0.15, 0.2) is 103 Å². The highest BCUT2D eigenvalue weighted by Crippen LogP contribution is 2.35. The van der Waals surface area contributed by atoms with Gasteiger partial charge < -0.3 is 25.6 Å². The predicted octanol–water partition coefficient (Wildman–Crippen LogP) is 5.66. The first-order valence-electron chi connectivity index (χ1n) is 24.1. The minimum atomic E-state index is -1.09. The number of ether oxygens (including phenoxy) is 1. The number of nitrogens with zero attached hydrogens (tertiary/aromatic N) is 6. The van der Waals surface area contributed by atoms with Crippen LogP contribution in [0, 0.1) is 0 Å². The smallest absolute Gasteiger partial charge is 0.322 e. The third-order valence-corrected chi connectivity index (χ3v) is 13.5. The Morgan fingerprint density at radius 2 is 1.57 bits per heavy atom. The standard InChI is InChI=1S/C52H58N10O7/c63-45-24-23-43(48(65)58-45)62-49(66)41-16-10-18-44(47(41)50(62)67)69-34-46(64)53-25-7-2-8-26-59-27-29-60(30-28-59)39-14-9-15-40(31-39)61(52(68)55-32-35-11-3-1-4-12-35)38-21-19-37(20-22-38)56-51-54-33-36-13-5-6-17-42(36)57-51/h1,3-6,9-18,31,33,37-38,43H,2,7-8,19-30,32,34H2,(H,53,64)(H,55,68)(H,54,56,57)(H,58,63,65). The lowest BCUT2D eigenvalue weighted by atomic mass is 9.90. The molecule has 4 N–H and O–H groups in total. The minimum absolute atomic E-state index is 0.00663. The van der Waals surface area contributed by atoms with Crippen LogP contribution in [0.5, 0.6) is 5.75 Å². The van der Waals surface area contributed by atoms with Gasteiger partial charge in [0.2, 0.25) is 17.8 Å². The van der Waals surface area contributed by atoms with Crippen molar-refractivity contribution in [1.82, 2.24) is 35.7 Å². The van der Waals surface area contributed by atoms with Gasteiger partial charge in [-0.1, -0.05) is 67.1 Å². The van der Waals surface area contributed by atoms with Gasteiger partial charge >= 0.3 is 6.03 Å². The van der Waals surface area contributed by atoms with Gasteiger partial charge in [0, 0.05) is 80.7 Å². The summed E-state index contributed by atoms with van der Waals surface area (Å²) >= 11 is 0. The van der Waals surface area contributed by atoms with Crippen LogP contribution in [0.1, 0.15) is 84.1 Å². The van der Waals surface area contributed by atoms with Crippen LogP contribution in [-0.4, -0.2) is 119 Å². The fraction of sp³-hybridized carbons (Fsp3) is 0.385. The van der Waals surface area contributed by atoms with E-state index in [4.69, 9.17) is 9.72 Å².